The van der Waals surface area contributed by atoms with E-state index in [2.05, 4.69) is 0 Å². The quantitative estimate of drug-likeness (QED) is 0.742. The number of benzene rings is 1. The molecule has 66 valence electrons. The maximum atomic E-state index is 12.9. The summed E-state index contributed by atoms with van der Waals surface area (Å²) in [6.07, 6.45) is 0.495. The first-order valence-electron chi connectivity index (χ1n) is 3.49. The molecule has 0 radical (unpaired) electrons. The number of halogens is 3. The van der Waals surface area contributed by atoms with Crippen LogP contribution in [0.2, 0.25) is 10.0 Å². The van der Waals surface area contributed by atoms with Gasteiger partial charge in [0, 0.05) is 5.02 Å². The van der Waals surface area contributed by atoms with Gasteiger partial charge in [0.05, 0.1) is 5.02 Å². The molecule has 1 nitrogen and oxygen atoms in total. The van der Waals surface area contributed by atoms with Gasteiger partial charge >= 0.3 is 0 Å². The number of rotatable bonds is 2. The molecule has 4 heteroatoms. The van der Waals surface area contributed by atoms with Crippen LogP contribution in [0, 0.1) is 5.82 Å². The van der Waals surface area contributed by atoms with Gasteiger partial charge in [-0.25, -0.2) is 4.39 Å². The predicted molar refractivity (Wildman–Crippen MR) is 49.2 cm³/mol. The van der Waals surface area contributed by atoms with Gasteiger partial charge in [0.15, 0.2) is 0 Å². The Labute approximate surface area is 80.3 Å². The smallest absolute Gasteiger partial charge is 0.142 e. The maximum Gasteiger partial charge on any atom is 0.142 e. The Morgan fingerprint density at radius 1 is 1.33 bits per heavy atom. The minimum absolute atomic E-state index is 0.0768. The summed E-state index contributed by atoms with van der Waals surface area (Å²) in [5.74, 6) is -0.454. The highest BCUT2D eigenvalue weighted by atomic mass is 35.5. The molecular formula is C8H8Cl2FN. The molecule has 1 rings (SSSR count). The lowest BCUT2D eigenvalue weighted by molar-refractivity contribution is 0.626. The first-order valence-corrected chi connectivity index (χ1v) is 4.25. The standard InChI is InChI=1S/C8H8Cl2FN/c9-6-1-2-7(11)8(10)5(6)3-4-12/h1-2H,3-4,12H2. The zero-order valence-electron chi connectivity index (χ0n) is 6.28. The van der Waals surface area contributed by atoms with Crippen LogP contribution in [0.5, 0.6) is 0 Å². The largest absolute Gasteiger partial charge is 0.330 e. The Morgan fingerprint density at radius 2 is 2.00 bits per heavy atom. The van der Waals surface area contributed by atoms with Gasteiger partial charge in [0.25, 0.3) is 0 Å². The van der Waals surface area contributed by atoms with Crippen LogP contribution >= 0.6 is 23.2 Å². The molecule has 0 saturated carbocycles. The zero-order chi connectivity index (χ0) is 9.14. The number of nitrogens with two attached hydrogens (primary N) is 1. The van der Waals surface area contributed by atoms with Crippen LogP contribution in [0.25, 0.3) is 0 Å². The molecule has 0 amide bonds. The summed E-state index contributed by atoms with van der Waals surface area (Å²) in [6.45, 7) is 0.406. The van der Waals surface area contributed by atoms with Crippen LogP contribution in [0.4, 0.5) is 4.39 Å². The molecule has 0 heterocycles. The zero-order valence-corrected chi connectivity index (χ0v) is 7.79. The highest BCUT2D eigenvalue weighted by molar-refractivity contribution is 6.36. The second-order valence-electron chi connectivity index (χ2n) is 2.36. The molecule has 12 heavy (non-hydrogen) atoms. The van der Waals surface area contributed by atoms with Crippen molar-refractivity contribution in [3.63, 3.8) is 0 Å². The van der Waals surface area contributed by atoms with Crippen molar-refractivity contribution >= 4 is 23.2 Å². The van der Waals surface area contributed by atoms with E-state index in [0.29, 0.717) is 23.6 Å². The van der Waals surface area contributed by atoms with Crippen LogP contribution in [0.15, 0.2) is 12.1 Å². The fourth-order valence-electron chi connectivity index (χ4n) is 0.943. The molecule has 0 atom stereocenters. The van der Waals surface area contributed by atoms with Gasteiger partial charge < -0.3 is 5.73 Å². The summed E-state index contributed by atoms with van der Waals surface area (Å²) in [5.41, 5.74) is 5.89. The topological polar surface area (TPSA) is 26.0 Å². The van der Waals surface area contributed by atoms with Crippen LogP contribution < -0.4 is 5.73 Å². The molecule has 0 fully saturated rings. The molecule has 0 bridgehead atoms. The van der Waals surface area contributed by atoms with E-state index >= 15 is 0 Å². The van der Waals surface area contributed by atoms with Gasteiger partial charge in [-0.15, -0.1) is 0 Å². The Morgan fingerprint density at radius 3 is 2.58 bits per heavy atom. The summed E-state index contributed by atoms with van der Waals surface area (Å²) in [4.78, 5) is 0. The van der Waals surface area contributed by atoms with Crippen molar-refractivity contribution in [3.8, 4) is 0 Å². The summed E-state index contributed by atoms with van der Waals surface area (Å²) in [6, 6.07) is 2.72. The summed E-state index contributed by atoms with van der Waals surface area (Å²) >= 11 is 11.4. The van der Waals surface area contributed by atoms with Gasteiger partial charge in [-0.05, 0) is 30.7 Å². The average molecular weight is 208 g/mol. The van der Waals surface area contributed by atoms with Crippen molar-refractivity contribution in [1.29, 1.82) is 0 Å². The predicted octanol–water partition coefficient (Wildman–Crippen LogP) is 2.63. The van der Waals surface area contributed by atoms with Gasteiger partial charge in [-0.1, -0.05) is 23.2 Å². The molecule has 0 aliphatic heterocycles. The molecule has 0 aliphatic carbocycles. The van der Waals surface area contributed by atoms with E-state index < -0.39 is 5.82 Å². The molecule has 0 aromatic heterocycles. The first-order chi connectivity index (χ1) is 5.66. The van der Waals surface area contributed by atoms with Crippen LogP contribution in [0.3, 0.4) is 0 Å². The van der Waals surface area contributed by atoms with E-state index in [1.165, 1.54) is 12.1 Å². The lowest BCUT2D eigenvalue weighted by atomic mass is 10.1. The highest BCUT2D eigenvalue weighted by Crippen LogP contribution is 2.27. The Hall–Kier alpha value is -0.310. The monoisotopic (exact) mass is 207 g/mol. The third-order valence-corrected chi connectivity index (χ3v) is 2.30. The molecule has 2 N–H and O–H groups in total. The van der Waals surface area contributed by atoms with E-state index in [9.17, 15) is 4.39 Å². The number of hydrogen-bond donors (Lipinski definition) is 1. The molecule has 0 spiro atoms. The van der Waals surface area contributed by atoms with Crippen LogP contribution in [-0.4, -0.2) is 6.54 Å². The Bertz CT molecular complexity index is 289. The molecule has 1 aromatic rings. The highest BCUT2D eigenvalue weighted by Gasteiger charge is 2.08. The van der Waals surface area contributed by atoms with Crippen LogP contribution in [0.1, 0.15) is 5.56 Å². The molecule has 0 unspecified atom stereocenters. The van der Waals surface area contributed by atoms with Gasteiger partial charge in [-0.2, -0.15) is 0 Å². The molecular weight excluding hydrogens is 200 g/mol. The molecule has 1 aromatic carbocycles. The minimum Gasteiger partial charge on any atom is -0.330 e. The Kier molecular flexibility index (Phi) is 3.32. The van der Waals surface area contributed by atoms with E-state index in [1.807, 2.05) is 0 Å². The minimum atomic E-state index is -0.454. The fourth-order valence-corrected chi connectivity index (χ4v) is 1.50. The van der Waals surface area contributed by atoms with Gasteiger partial charge in [-0.3, -0.25) is 0 Å². The SMILES string of the molecule is NCCc1c(Cl)ccc(F)c1Cl. The van der Waals surface area contributed by atoms with E-state index in [-0.39, 0.29) is 5.02 Å². The van der Waals surface area contributed by atoms with Gasteiger partial charge in [0.2, 0.25) is 0 Å². The lowest BCUT2D eigenvalue weighted by Gasteiger charge is -2.05. The van der Waals surface area contributed by atoms with Crippen molar-refractivity contribution < 1.29 is 4.39 Å². The summed E-state index contributed by atoms with van der Waals surface area (Å²) in [7, 11) is 0. The fraction of sp³-hybridized carbons (Fsp3) is 0.250. The van der Waals surface area contributed by atoms with Crippen molar-refractivity contribution in [3.05, 3.63) is 33.6 Å². The summed E-state index contributed by atoms with van der Waals surface area (Å²) in [5, 5.41) is 0.541. The lowest BCUT2D eigenvalue weighted by Crippen LogP contribution is -2.04. The van der Waals surface area contributed by atoms with Gasteiger partial charge in [0.1, 0.15) is 5.82 Å². The number of hydrogen-bond acceptors (Lipinski definition) is 1. The van der Waals surface area contributed by atoms with E-state index in [1.54, 1.807) is 0 Å². The molecule has 0 saturated heterocycles. The second-order valence-corrected chi connectivity index (χ2v) is 3.15. The summed E-state index contributed by atoms with van der Waals surface area (Å²) < 4.78 is 12.9. The van der Waals surface area contributed by atoms with E-state index in [0.717, 1.165) is 0 Å². The third kappa shape index (κ3) is 1.89. The van der Waals surface area contributed by atoms with Crippen LogP contribution in [-0.2, 0) is 6.42 Å². The van der Waals surface area contributed by atoms with Crippen molar-refractivity contribution in [2.45, 2.75) is 6.42 Å². The molecule has 0 aliphatic rings. The second kappa shape index (κ2) is 4.08. The van der Waals surface area contributed by atoms with E-state index in [4.69, 9.17) is 28.9 Å². The normalized spacial score (nSPS) is 10.3. The first kappa shape index (κ1) is 9.78. The maximum absolute atomic E-state index is 12.9. The van der Waals surface area contributed by atoms with Crippen molar-refractivity contribution in [1.82, 2.24) is 0 Å². The average Bonchev–Trinajstić information content (AvgIpc) is 2.06. The third-order valence-electron chi connectivity index (χ3n) is 1.53. The van der Waals surface area contributed by atoms with Crippen molar-refractivity contribution in [2.24, 2.45) is 5.73 Å². The van der Waals surface area contributed by atoms with Crippen molar-refractivity contribution in [2.75, 3.05) is 6.54 Å². The Balaban J connectivity index is 3.14.